The summed E-state index contributed by atoms with van der Waals surface area (Å²) in [4.78, 5) is 15.5. The Hall–Kier alpha value is -2.46. The van der Waals surface area contributed by atoms with E-state index >= 15 is 0 Å². The molecule has 0 atom stereocenters. The van der Waals surface area contributed by atoms with Crippen LogP contribution in [0.2, 0.25) is 0 Å². The maximum absolute atomic E-state index is 10.9. The quantitative estimate of drug-likeness (QED) is 0.742. The summed E-state index contributed by atoms with van der Waals surface area (Å²) < 4.78 is 0. The Labute approximate surface area is 126 Å². The van der Waals surface area contributed by atoms with Crippen LogP contribution in [-0.4, -0.2) is 16.4 Å². The summed E-state index contributed by atoms with van der Waals surface area (Å²) in [5.41, 5.74) is 3.17. The van der Waals surface area contributed by atoms with E-state index in [2.05, 4.69) is 17.1 Å². The highest BCUT2D eigenvalue weighted by Gasteiger charge is 2.08. The minimum Gasteiger partial charge on any atom is -0.507 e. The summed E-state index contributed by atoms with van der Waals surface area (Å²) in [6, 6.07) is 15.1. The van der Waals surface area contributed by atoms with E-state index in [0.29, 0.717) is 6.29 Å². The van der Waals surface area contributed by atoms with E-state index in [9.17, 15) is 9.90 Å². The molecule has 4 heteroatoms. The predicted octanol–water partition coefficient (Wildman–Crippen LogP) is 3.92. The van der Waals surface area contributed by atoms with Gasteiger partial charge in [0.1, 0.15) is 5.75 Å². The first-order chi connectivity index (χ1) is 10.3. The zero-order valence-corrected chi connectivity index (χ0v) is 12.0. The number of rotatable bonds is 4. The maximum atomic E-state index is 10.9. The van der Waals surface area contributed by atoms with Crippen LogP contribution < -0.4 is 0 Å². The Balaban J connectivity index is 1.86. The van der Waals surface area contributed by atoms with Crippen LogP contribution in [0.4, 0.5) is 0 Å². The highest BCUT2D eigenvalue weighted by molar-refractivity contribution is 7.10. The molecule has 3 aromatic rings. The summed E-state index contributed by atoms with van der Waals surface area (Å²) in [5.74, 6) is -0.00603. The number of nitrogens with zero attached hydrogens (tertiary/aromatic N) is 1. The largest absolute Gasteiger partial charge is 0.507 e. The summed E-state index contributed by atoms with van der Waals surface area (Å²) in [6.45, 7) is 0. The van der Waals surface area contributed by atoms with Crippen molar-refractivity contribution in [3.05, 3.63) is 70.0 Å². The van der Waals surface area contributed by atoms with Crippen LogP contribution in [0.15, 0.2) is 53.9 Å². The van der Waals surface area contributed by atoms with Gasteiger partial charge in [-0.05, 0) is 23.8 Å². The Morgan fingerprint density at radius 1 is 1.14 bits per heavy atom. The Bertz CT molecular complexity index is 765. The van der Waals surface area contributed by atoms with Crippen molar-refractivity contribution in [2.24, 2.45) is 0 Å². The van der Waals surface area contributed by atoms with Gasteiger partial charge in [-0.25, -0.2) is 4.98 Å². The Morgan fingerprint density at radius 2 is 1.95 bits per heavy atom. The molecule has 1 N–H and O–H groups in total. The highest BCUT2D eigenvalue weighted by atomic mass is 32.1. The first kappa shape index (κ1) is 13.5. The number of benzene rings is 2. The normalized spacial score (nSPS) is 10.5. The molecule has 0 unspecified atom stereocenters. The third-order valence-electron chi connectivity index (χ3n) is 3.20. The number of phenolic OH excluding ortho intramolecular Hbond substituents is 1. The van der Waals surface area contributed by atoms with Gasteiger partial charge in [0, 0.05) is 17.4 Å². The molecule has 3 rings (SSSR count). The molecule has 0 saturated carbocycles. The molecule has 0 saturated heterocycles. The summed E-state index contributed by atoms with van der Waals surface area (Å²) >= 11 is 1.59. The molecule has 0 aliphatic rings. The van der Waals surface area contributed by atoms with Gasteiger partial charge in [-0.2, -0.15) is 0 Å². The van der Waals surface area contributed by atoms with Gasteiger partial charge in [-0.1, -0.05) is 30.3 Å². The molecule has 0 spiro atoms. The predicted molar refractivity (Wildman–Crippen MR) is 83.9 cm³/mol. The van der Waals surface area contributed by atoms with Crippen LogP contribution in [-0.2, 0) is 6.42 Å². The van der Waals surface area contributed by atoms with Crippen LogP contribution in [0.3, 0.4) is 0 Å². The van der Waals surface area contributed by atoms with Crippen molar-refractivity contribution in [3.63, 3.8) is 0 Å². The lowest BCUT2D eigenvalue weighted by atomic mass is 10.1. The maximum Gasteiger partial charge on any atom is 0.153 e. The van der Waals surface area contributed by atoms with E-state index in [0.717, 1.165) is 22.7 Å². The smallest absolute Gasteiger partial charge is 0.153 e. The third-order valence-corrected chi connectivity index (χ3v) is 4.05. The van der Waals surface area contributed by atoms with Crippen LogP contribution in [0.25, 0.3) is 11.3 Å². The number of carbonyl (C=O) groups is 1. The molecule has 1 heterocycles. The fourth-order valence-electron chi connectivity index (χ4n) is 2.10. The van der Waals surface area contributed by atoms with Crippen molar-refractivity contribution < 1.29 is 9.90 Å². The zero-order chi connectivity index (χ0) is 14.7. The Kier molecular flexibility index (Phi) is 3.79. The van der Waals surface area contributed by atoms with E-state index in [1.165, 1.54) is 11.6 Å². The molecule has 1 aromatic heterocycles. The van der Waals surface area contributed by atoms with Crippen LogP contribution in [0.5, 0.6) is 5.75 Å². The fraction of sp³-hybridized carbons (Fsp3) is 0.0588. The van der Waals surface area contributed by atoms with Gasteiger partial charge in [-0.3, -0.25) is 4.79 Å². The van der Waals surface area contributed by atoms with Gasteiger partial charge in [0.2, 0.25) is 0 Å². The van der Waals surface area contributed by atoms with Gasteiger partial charge in [0.25, 0.3) is 0 Å². The van der Waals surface area contributed by atoms with Gasteiger partial charge in [-0.15, -0.1) is 11.3 Å². The minimum absolute atomic E-state index is 0.00603. The number of hydrogen-bond donors (Lipinski definition) is 1. The van der Waals surface area contributed by atoms with Crippen LogP contribution in [0.1, 0.15) is 20.9 Å². The average molecular weight is 295 g/mol. The van der Waals surface area contributed by atoms with E-state index in [1.54, 1.807) is 23.5 Å². The number of hydrogen-bond acceptors (Lipinski definition) is 4. The van der Waals surface area contributed by atoms with Crippen molar-refractivity contribution >= 4 is 17.6 Å². The molecule has 0 bridgehead atoms. The summed E-state index contributed by atoms with van der Waals surface area (Å²) in [5, 5.41) is 12.5. The van der Waals surface area contributed by atoms with Crippen LogP contribution >= 0.6 is 11.3 Å². The van der Waals surface area contributed by atoms with E-state index in [-0.39, 0.29) is 11.3 Å². The van der Waals surface area contributed by atoms with E-state index < -0.39 is 0 Å². The zero-order valence-electron chi connectivity index (χ0n) is 11.2. The third kappa shape index (κ3) is 3.01. The first-order valence-electron chi connectivity index (χ1n) is 6.53. The molecule has 2 aromatic carbocycles. The van der Waals surface area contributed by atoms with E-state index in [4.69, 9.17) is 0 Å². The number of aldehydes is 1. The molecule has 104 valence electrons. The van der Waals surface area contributed by atoms with Crippen molar-refractivity contribution in [2.75, 3.05) is 0 Å². The molecule has 3 nitrogen and oxygen atoms in total. The monoisotopic (exact) mass is 295 g/mol. The topological polar surface area (TPSA) is 50.2 Å². The molecular formula is C17H13NO2S. The number of carbonyl (C=O) groups excluding carboxylic acids is 1. The van der Waals surface area contributed by atoms with Gasteiger partial charge in [0.15, 0.2) is 6.29 Å². The van der Waals surface area contributed by atoms with Crippen LogP contribution in [0, 0.1) is 0 Å². The lowest BCUT2D eigenvalue weighted by Gasteiger charge is -2.01. The average Bonchev–Trinajstić information content (AvgIpc) is 2.97. The number of thiazole rings is 1. The lowest BCUT2D eigenvalue weighted by Crippen LogP contribution is -1.88. The van der Waals surface area contributed by atoms with Gasteiger partial charge in [0.05, 0.1) is 16.3 Å². The van der Waals surface area contributed by atoms with Crippen molar-refractivity contribution in [1.29, 1.82) is 0 Å². The number of aromatic hydroxyl groups is 1. The molecular weight excluding hydrogens is 282 g/mol. The second kappa shape index (κ2) is 5.89. The first-order valence-corrected chi connectivity index (χ1v) is 7.41. The number of phenols is 1. The standard InChI is InChI=1S/C17H13NO2S/c19-10-14-9-13(6-7-16(14)20)15-11-21-17(18-15)8-12-4-2-1-3-5-12/h1-7,9-11,20H,8H2. The molecule has 0 aliphatic carbocycles. The van der Waals surface area contributed by atoms with Crippen molar-refractivity contribution in [2.45, 2.75) is 6.42 Å². The minimum atomic E-state index is -0.00603. The van der Waals surface area contributed by atoms with Crippen molar-refractivity contribution in [1.82, 2.24) is 4.98 Å². The lowest BCUT2D eigenvalue weighted by molar-refractivity contribution is 0.112. The summed E-state index contributed by atoms with van der Waals surface area (Å²) in [6.07, 6.45) is 1.44. The molecule has 0 amide bonds. The Morgan fingerprint density at radius 3 is 2.71 bits per heavy atom. The SMILES string of the molecule is O=Cc1cc(-c2csc(Cc3ccccc3)n2)ccc1O. The second-order valence-corrected chi connectivity index (χ2v) is 5.62. The van der Waals surface area contributed by atoms with Gasteiger partial charge < -0.3 is 5.11 Å². The molecule has 0 fully saturated rings. The van der Waals surface area contributed by atoms with Crippen molar-refractivity contribution in [3.8, 4) is 17.0 Å². The molecule has 0 radical (unpaired) electrons. The summed E-state index contributed by atoms with van der Waals surface area (Å²) in [7, 11) is 0. The number of aromatic nitrogens is 1. The van der Waals surface area contributed by atoms with E-state index in [1.807, 2.05) is 23.6 Å². The second-order valence-electron chi connectivity index (χ2n) is 4.68. The fourth-order valence-corrected chi connectivity index (χ4v) is 2.94. The molecule has 21 heavy (non-hydrogen) atoms. The molecule has 0 aliphatic heterocycles. The highest BCUT2D eigenvalue weighted by Crippen LogP contribution is 2.27. The van der Waals surface area contributed by atoms with Gasteiger partial charge >= 0.3 is 0 Å².